The van der Waals surface area contributed by atoms with E-state index in [1.165, 1.54) is 7.11 Å². The number of halogens is 3. The first kappa shape index (κ1) is 57.3. The quantitative estimate of drug-likeness (QED) is 0.0990. The van der Waals surface area contributed by atoms with E-state index < -0.39 is 72.3 Å². The molecule has 0 radical (unpaired) electrons. The molecule has 2 aromatic rings. The molecule has 1 aliphatic rings. The fraction of sp³-hybridized carbons (Fsp3) is 0.674. The predicted octanol–water partition coefficient (Wildman–Crippen LogP) is -0.712. The molecule has 20 heteroatoms. The Morgan fingerprint density at radius 3 is 2.05 bits per heavy atom. The molecule has 0 bridgehead atoms. The van der Waals surface area contributed by atoms with Crippen LogP contribution in [0.1, 0.15) is 79.7 Å². The molecule has 1 saturated heterocycles. The molecule has 0 saturated carbocycles. The summed E-state index contributed by atoms with van der Waals surface area (Å²) < 4.78 is 43.5. The summed E-state index contributed by atoms with van der Waals surface area (Å²) in [4.78, 5) is 83.2. The number of carboxylic acids is 1. The Hall–Kier alpha value is -3.75. The Balaban J connectivity index is 0.00000228. The van der Waals surface area contributed by atoms with Crippen LogP contribution in [-0.4, -0.2) is 134 Å². The van der Waals surface area contributed by atoms with E-state index in [1.54, 1.807) is 37.9 Å². The van der Waals surface area contributed by atoms with E-state index in [2.05, 4.69) is 20.9 Å². The number of aliphatic carboxylic acids is 1. The summed E-state index contributed by atoms with van der Waals surface area (Å²) >= 11 is 0. The number of nitrogens with zero attached hydrogens (tertiary/aromatic N) is 2. The fourth-order valence-corrected chi connectivity index (χ4v) is 8.10. The largest absolute Gasteiger partial charge is 1.00 e. The molecule has 1 fully saturated rings. The van der Waals surface area contributed by atoms with E-state index in [0.29, 0.717) is 13.0 Å². The standard InChI is InChI=1S/C41H67N7O7.C2HF3O2.Na/c1-12-25(6)36(47(9)41(53)35(24(4)5)46-40(52)34(43-8)23(2)3)32(54-10)21-33(49)48-19-15-18-31(48)37(55-11)26(7)39(51)45-30(38(42)50)20-27-22-44-29-17-14-13-16-28(27)29;3-2(4,5)1(6)7;/h13-14,16-17,22-26,30-32,34-37,43-44H,12,15,18-21H2,1-11H3,(H2,42,50)(H,45,51)(H,46,52);(H,6,7);/q;;+1/p-1/t25-,26+,30-,31-,32+,34-,35-,36-,37+;;/m0../s1. The normalized spacial score (nSPS) is 17.8. The van der Waals surface area contributed by atoms with Crippen LogP contribution in [0.4, 0.5) is 13.2 Å². The number of aromatic nitrogens is 1. The molecule has 1 aliphatic heterocycles. The van der Waals surface area contributed by atoms with Gasteiger partial charge in [-0.2, -0.15) is 13.2 Å². The molecule has 1 aromatic carbocycles. The third-order valence-corrected chi connectivity index (χ3v) is 11.7. The maximum absolute atomic E-state index is 14.2. The molecule has 3 rings (SSSR count). The minimum Gasteiger partial charge on any atom is -0.542 e. The maximum Gasteiger partial charge on any atom is 1.00 e. The van der Waals surface area contributed by atoms with E-state index in [0.717, 1.165) is 29.3 Å². The number of hydrogen-bond acceptors (Lipinski definition) is 10. The third kappa shape index (κ3) is 15.7. The monoisotopic (exact) mass is 905 g/mol. The van der Waals surface area contributed by atoms with E-state index in [4.69, 9.17) is 25.1 Å². The molecule has 2 heterocycles. The number of likely N-dealkylation sites (N-methyl/N-ethyl adjacent to an activating group) is 2. The Morgan fingerprint density at radius 1 is 0.968 bits per heavy atom. The van der Waals surface area contributed by atoms with Gasteiger partial charge in [-0.25, -0.2) is 0 Å². The molecule has 350 valence electrons. The molecule has 0 spiro atoms. The van der Waals surface area contributed by atoms with E-state index in [9.17, 15) is 37.1 Å². The number of nitrogens with one attached hydrogen (secondary N) is 4. The number of methoxy groups -OCH3 is 2. The maximum atomic E-state index is 14.2. The molecular formula is C43H67F3N7NaO9. The van der Waals surface area contributed by atoms with Crippen LogP contribution in [0.5, 0.6) is 0 Å². The van der Waals surface area contributed by atoms with Crippen LogP contribution in [0.25, 0.3) is 10.9 Å². The van der Waals surface area contributed by atoms with Crippen molar-refractivity contribution in [3.63, 3.8) is 0 Å². The van der Waals surface area contributed by atoms with Crippen LogP contribution in [0.15, 0.2) is 30.5 Å². The predicted molar refractivity (Wildman–Crippen MR) is 225 cm³/mol. The van der Waals surface area contributed by atoms with Gasteiger partial charge in [0.2, 0.25) is 29.5 Å². The summed E-state index contributed by atoms with van der Waals surface area (Å²) in [5.74, 6) is -5.65. The van der Waals surface area contributed by atoms with Gasteiger partial charge in [-0.05, 0) is 49.3 Å². The topological polar surface area (TPSA) is 228 Å². The Kier molecular flexibility index (Phi) is 23.9. The first-order valence-electron chi connectivity index (χ1n) is 21.0. The summed E-state index contributed by atoms with van der Waals surface area (Å²) in [6.07, 6.45) is -2.40. The second kappa shape index (κ2) is 26.3. The Labute approximate surface area is 391 Å². The van der Waals surface area contributed by atoms with Crippen molar-refractivity contribution in [3.05, 3.63) is 36.0 Å². The molecule has 16 nitrogen and oxygen atoms in total. The number of alkyl halides is 3. The second-order valence-corrected chi connectivity index (χ2v) is 16.6. The number of likely N-dealkylation sites (tertiary alicyclic amines) is 1. The van der Waals surface area contributed by atoms with Gasteiger partial charge >= 0.3 is 35.7 Å². The van der Waals surface area contributed by atoms with Gasteiger partial charge in [0.05, 0.1) is 42.7 Å². The third-order valence-electron chi connectivity index (χ3n) is 11.7. The number of aromatic amines is 1. The molecule has 63 heavy (non-hydrogen) atoms. The zero-order valence-corrected chi connectivity index (χ0v) is 40.8. The van der Waals surface area contributed by atoms with Gasteiger partial charge in [0.1, 0.15) is 18.1 Å². The van der Waals surface area contributed by atoms with Crippen LogP contribution in [0.3, 0.4) is 0 Å². The zero-order valence-electron chi connectivity index (χ0n) is 38.8. The number of benzene rings is 1. The second-order valence-electron chi connectivity index (χ2n) is 16.6. The Bertz CT molecular complexity index is 1810. The minimum absolute atomic E-state index is 0. The molecule has 0 aliphatic carbocycles. The van der Waals surface area contributed by atoms with Crippen LogP contribution in [0.2, 0.25) is 0 Å². The molecule has 9 atom stereocenters. The Morgan fingerprint density at radius 2 is 1.56 bits per heavy atom. The number of rotatable bonds is 21. The van der Waals surface area contributed by atoms with E-state index in [1.807, 2.05) is 72.0 Å². The van der Waals surface area contributed by atoms with Gasteiger partial charge in [-0.15, -0.1) is 0 Å². The van der Waals surface area contributed by atoms with Crippen LogP contribution in [0, 0.1) is 23.7 Å². The number of hydrogen-bond donors (Lipinski definition) is 5. The summed E-state index contributed by atoms with van der Waals surface area (Å²) in [6.45, 7) is 14.0. The smallest absolute Gasteiger partial charge is 0.542 e. The van der Waals surface area contributed by atoms with Gasteiger partial charge in [0.25, 0.3) is 0 Å². The number of carbonyl (C=O) groups is 6. The van der Waals surface area contributed by atoms with Crippen molar-refractivity contribution in [1.29, 1.82) is 0 Å². The summed E-state index contributed by atoms with van der Waals surface area (Å²) in [6, 6.07) is 4.65. The number of amides is 5. The number of fused-ring (bicyclic) bond motifs is 1. The molecule has 0 unspecified atom stereocenters. The summed E-state index contributed by atoms with van der Waals surface area (Å²) in [5.41, 5.74) is 7.55. The number of ether oxygens (including phenoxy) is 2. The average Bonchev–Trinajstić information content (AvgIpc) is 3.86. The van der Waals surface area contributed by atoms with Gasteiger partial charge in [-0.1, -0.05) is 73.1 Å². The van der Waals surface area contributed by atoms with Gasteiger partial charge < -0.3 is 55.8 Å². The average molecular weight is 906 g/mol. The van der Waals surface area contributed by atoms with Gasteiger partial charge in [0.15, 0.2) is 0 Å². The van der Waals surface area contributed by atoms with Crippen molar-refractivity contribution in [1.82, 2.24) is 30.7 Å². The van der Waals surface area contributed by atoms with Crippen LogP contribution in [-0.2, 0) is 44.7 Å². The van der Waals surface area contributed by atoms with Gasteiger partial charge in [0, 0.05) is 51.3 Å². The van der Waals surface area contributed by atoms with Gasteiger partial charge in [-0.3, -0.25) is 24.0 Å². The molecule has 1 aromatic heterocycles. The molecule has 5 amide bonds. The minimum atomic E-state index is -5.19. The number of H-pyrrole nitrogens is 1. The first-order chi connectivity index (χ1) is 29.0. The van der Waals surface area contributed by atoms with Crippen LogP contribution < -0.4 is 56.3 Å². The van der Waals surface area contributed by atoms with E-state index in [-0.39, 0.29) is 77.9 Å². The number of nitrogens with two attached hydrogens (primary N) is 1. The number of para-hydroxylation sites is 1. The van der Waals surface area contributed by atoms with Crippen molar-refractivity contribution in [2.75, 3.05) is 34.9 Å². The molecular weight excluding hydrogens is 838 g/mol. The SMILES string of the molecule is CC[C@H](C)[C@@H]([C@@H](CC(=O)N1CCC[C@H]1[C@H](OC)[C@@H](C)C(=O)N[C@@H](Cc1c[nH]c2ccccc12)C(N)=O)OC)N(C)C(=O)[C@@H](NC(=O)[C@@H](NC)C(C)C)C(C)C.O=C([O-])C(F)(F)F.[Na+]. The zero-order chi connectivity index (χ0) is 47.2. The van der Waals surface area contributed by atoms with E-state index >= 15 is 0 Å². The van der Waals surface area contributed by atoms with Crippen LogP contribution >= 0.6 is 0 Å². The van der Waals surface area contributed by atoms with Crippen molar-refractivity contribution < 1.29 is 86.1 Å². The number of carboxylic acid groups (broad SMARTS) is 1. The number of primary amides is 1. The first-order valence-corrected chi connectivity index (χ1v) is 21.0. The van der Waals surface area contributed by atoms with Crippen molar-refractivity contribution >= 4 is 46.4 Å². The molecule has 6 N–H and O–H groups in total. The summed E-state index contributed by atoms with van der Waals surface area (Å²) in [5, 5.41) is 18.6. The van der Waals surface area contributed by atoms with Crippen molar-refractivity contribution in [2.45, 2.75) is 129 Å². The number of carbonyl (C=O) groups excluding carboxylic acids is 6. The van der Waals surface area contributed by atoms with Crippen molar-refractivity contribution in [2.24, 2.45) is 29.4 Å². The van der Waals surface area contributed by atoms with Crippen molar-refractivity contribution in [3.8, 4) is 0 Å². The fourth-order valence-electron chi connectivity index (χ4n) is 8.10. The summed E-state index contributed by atoms with van der Waals surface area (Å²) in [7, 11) is 6.51.